The van der Waals surface area contributed by atoms with Crippen molar-refractivity contribution in [1.82, 2.24) is 5.32 Å². The number of benzene rings is 1. The zero-order valence-electron chi connectivity index (χ0n) is 10.0. The van der Waals surface area contributed by atoms with Crippen molar-refractivity contribution in [3.63, 3.8) is 0 Å². The van der Waals surface area contributed by atoms with Gasteiger partial charge in [-0.3, -0.25) is 0 Å². The lowest BCUT2D eigenvalue weighted by molar-refractivity contribution is 0.111. The quantitative estimate of drug-likeness (QED) is 0.720. The Morgan fingerprint density at radius 1 is 1.38 bits per heavy atom. The molecule has 0 saturated heterocycles. The Hall–Kier alpha value is -0.930. The van der Waals surface area contributed by atoms with Crippen LogP contribution in [0.4, 0.5) is 4.39 Å². The topological polar surface area (TPSA) is 21.3 Å². The van der Waals surface area contributed by atoms with E-state index in [1.54, 1.807) is 12.1 Å². The summed E-state index contributed by atoms with van der Waals surface area (Å²) in [6.07, 6.45) is 0. The first-order valence-corrected chi connectivity index (χ1v) is 5.71. The van der Waals surface area contributed by atoms with Gasteiger partial charge in [0.1, 0.15) is 5.82 Å². The summed E-state index contributed by atoms with van der Waals surface area (Å²) in [5.41, 5.74) is 0.962. The van der Waals surface area contributed by atoms with E-state index < -0.39 is 0 Å². The molecule has 1 aromatic carbocycles. The fourth-order valence-corrected chi connectivity index (χ4v) is 1.34. The van der Waals surface area contributed by atoms with Gasteiger partial charge >= 0.3 is 0 Å². The van der Waals surface area contributed by atoms with Gasteiger partial charge in [-0.05, 0) is 23.6 Å². The minimum absolute atomic E-state index is 0.185. The SMILES string of the molecule is CC(C)COCCNCc1cccc(F)c1. The highest BCUT2D eigenvalue weighted by Crippen LogP contribution is 2.02. The average Bonchev–Trinajstić information content (AvgIpc) is 2.23. The molecule has 0 bridgehead atoms. The average molecular weight is 225 g/mol. The third kappa shape index (κ3) is 5.83. The van der Waals surface area contributed by atoms with Crippen LogP contribution in [0.15, 0.2) is 24.3 Å². The lowest BCUT2D eigenvalue weighted by Crippen LogP contribution is -2.20. The van der Waals surface area contributed by atoms with Crippen LogP contribution in [0.2, 0.25) is 0 Å². The van der Waals surface area contributed by atoms with Crippen LogP contribution in [0.25, 0.3) is 0 Å². The van der Waals surface area contributed by atoms with Crippen LogP contribution in [0.3, 0.4) is 0 Å². The molecule has 3 heteroatoms. The summed E-state index contributed by atoms with van der Waals surface area (Å²) in [5, 5.41) is 3.21. The molecule has 2 nitrogen and oxygen atoms in total. The van der Waals surface area contributed by atoms with Crippen LogP contribution >= 0.6 is 0 Å². The largest absolute Gasteiger partial charge is 0.380 e. The van der Waals surface area contributed by atoms with Crippen LogP contribution in [-0.4, -0.2) is 19.8 Å². The zero-order chi connectivity index (χ0) is 11.8. The Morgan fingerprint density at radius 3 is 2.88 bits per heavy atom. The number of hydrogen-bond donors (Lipinski definition) is 1. The second-order valence-corrected chi connectivity index (χ2v) is 4.28. The predicted molar refractivity (Wildman–Crippen MR) is 63.8 cm³/mol. The van der Waals surface area contributed by atoms with Gasteiger partial charge in [-0.2, -0.15) is 0 Å². The fraction of sp³-hybridized carbons (Fsp3) is 0.538. The summed E-state index contributed by atoms with van der Waals surface area (Å²) in [6.45, 7) is 7.22. The second kappa shape index (κ2) is 7.36. The number of nitrogens with one attached hydrogen (secondary N) is 1. The molecule has 0 atom stereocenters. The molecular formula is C13H20FNO. The Labute approximate surface area is 96.8 Å². The number of hydrogen-bond acceptors (Lipinski definition) is 2. The number of ether oxygens (including phenoxy) is 1. The molecule has 16 heavy (non-hydrogen) atoms. The summed E-state index contributed by atoms with van der Waals surface area (Å²) < 4.78 is 18.3. The third-order valence-electron chi connectivity index (χ3n) is 2.09. The molecule has 0 aliphatic rings. The van der Waals surface area contributed by atoms with Gasteiger partial charge in [-0.1, -0.05) is 26.0 Å². The highest BCUT2D eigenvalue weighted by atomic mass is 19.1. The summed E-state index contributed by atoms with van der Waals surface area (Å²) in [6, 6.07) is 6.63. The predicted octanol–water partition coefficient (Wildman–Crippen LogP) is 2.59. The van der Waals surface area contributed by atoms with Crippen molar-refractivity contribution in [3.8, 4) is 0 Å². The number of rotatable bonds is 7. The molecule has 1 aromatic rings. The first-order chi connectivity index (χ1) is 7.68. The van der Waals surface area contributed by atoms with Gasteiger partial charge in [-0.25, -0.2) is 4.39 Å². The van der Waals surface area contributed by atoms with Crippen LogP contribution in [0, 0.1) is 11.7 Å². The van der Waals surface area contributed by atoms with Gasteiger partial charge in [0, 0.05) is 19.7 Å². The van der Waals surface area contributed by atoms with Gasteiger partial charge < -0.3 is 10.1 Å². The lowest BCUT2D eigenvalue weighted by Gasteiger charge is -2.08. The molecule has 0 heterocycles. The van der Waals surface area contributed by atoms with Gasteiger partial charge in [0.25, 0.3) is 0 Å². The molecule has 0 saturated carbocycles. The minimum atomic E-state index is -0.185. The first kappa shape index (κ1) is 13.1. The minimum Gasteiger partial charge on any atom is -0.380 e. The maximum atomic E-state index is 12.8. The van der Waals surface area contributed by atoms with E-state index in [-0.39, 0.29) is 5.82 Å². The molecule has 0 aromatic heterocycles. The Morgan fingerprint density at radius 2 is 2.19 bits per heavy atom. The van der Waals surface area contributed by atoms with Crippen LogP contribution in [0.1, 0.15) is 19.4 Å². The molecular weight excluding hydrogens is 205 g/mol. The molecule has 0 amide bonds. The Kier molecular flexibility index (Phi) is 6.04. The van der Waals surface area contributed by atoms with Crippen molar-refractivity contribution in [3.05, 3.63) is 35.6 Å². The van der Waals surface area contributed by atoms with E-state index >= 15 is 0 Å². The van der Waals surface area contributed by atoms with Gasteiger partial charge in [0.15, 0.2) is 0 Å². The Balaban J connectivity index is 2.07. The normalized spacial score (nSPS) is 11.0. The van der Waals surface area contributed by atoms with E-state index in [0.717, 1.165) is 18.7 Å². The van der Waals surface area contributed by atoms with Gasteiger partial charge in [0.05, 0.1) is 6.61 Å². The van der Waals surface area contributed by atoms with E-state index in [1.165, 1.54) is 6.07 Å². The highest BCUT2D eigenvalue weighted by molar-refractivity contribution is 5.15. The monoisotopic (exact) mass is 225 g/mol. The molecule has 0 unspecified atom stereocenters. The molecule has 0 aliphatic carbocycles. The summed E-state index contributed by atoms with van der Waals surface area (Å²) in [5.74, 6) is 0.388. The van der Waals surface area contributed by atoms with Crippen molar-refractivity contribution in [2.75, 3.05) is 19.8 Å². The summed E-state index contributed by atoms with van der Waals surface area (Å²) >= 11 is 0. The molecule has 0 fully saturated rings. The molecule has 90 valence electrons. The maximum Gasteiger partial charge on any atom is 0.123 e. The lowest BCUT2D eigenvalue weighted by atomic mass is 10.2. The maximum absolute atomic E-state index is 12.8. The van der Waals surface area contributed by atoms with Gasteiger partial charge in [-0.15, -0.1) is 0 Å². The van der Waals surface area contributed by atoms with E-state index in [9.17, 15) is 4.39 Å². The fourth-order valence-electron chi connectivity index (χ4n) is 1.34. The van der Waals surface area contributed by atoms with Crippen LogP contribution < -0.4 is 5.32 Å². The molecule has 0 aliphatic heterocycles. The van der Waals surface area contributed by atoms with E-state index in [4.69, 9.17) is 4.74 Å². The molecule has 1 N–H and O–H groups in total. The van der Waals surface area contributed by atoms with Crippen molar-refractivity contribution >= 4 is 0 Å². The van der Waals surface area contributed by atoms with Crippen molar-refractivity contribution in [2.45, 2.75) is 20.4 Å². The van der Waals surface area contributed by atoms with Crippen molar-refractivity contribution in [2.24, 2.45) is 5.92 Å². The number of halogens is 1. The van der Waals surface area contributed by atoms with Crippen molar-refractivity contribution < 1.29 is 9.13 Å². The second-order valence-electron chi connectivity index (χ2n) is 4.28. The zero-order valence-corrected chi connectivity index (χ0v) is 10.0. The van der Waals surface area contributed by atoms with E-state index in [2.05, 4.69) is 19.2 Å². The summed E-state index contributed by atoms with van der Waals surface area (Å²) in [4.78, 5) is 0. The molecule has 1 rings (SSSR count). The third-order valence-corrected chi connectivity index (χ3v) is 2.09. The van der Waals surface area contributed by atoms with Crippen molar-refractivity contribution in [1.29, 1.82) is 0 Å². The highest BCUT2D eigenvalue weighted by Gasteiger charge is 1.96. The van der Waals surface area contributed by atoms with Crippen LogP contribution in [0.5, 0.6) is 0 Å². The molecule has 0 spiro atoms. The smallest absolute Gasteiger partial charge is 0.123 e. The summed E-state index contributed by atoms with van der Waals surface area (Å²) in [7, 11) is 0. The molecule has 0 radical (unpaired) electrons. The Bertz CT molecular complexity index is 302. The first-order valence-electron chi connectivity index (χ1n) is 5.71. The van der Waals surface area contributed by atoms with E-state index in [0.29, 0.717) is 19.1 Å². The van der Waals surface area contributed by atoms with Crippen LogP contribution in [-0.2, 0) is 11.3 Å². The van der Waals surface area contributed by atoms with E-state index in [1.807, 2.05) is 6.07 Å². The van der Waals surface area contributed by atoms with Gasteiger partial charge in [0.2, 0.25) is 0 Å². The standard InChI is InChI=1S/C13H20FNO/c1-11(2)10-16-7-6-15-9-12-4-3-5-13(14)8-12/h3-5,8,11,15H,6-7,9-10H2,1-2H3.